The van der Waals surface area contributed by atoms with Crippen LogP contribution in [0.3, 0.4) is 0 Å². The maximum Gasteiger partial charge on any atom is 0.253 e. The maximum absolute atomic E-state index is 14.6. The van der Waals surface area contributed by atoms with Gasteiger partial charge in [-0.2, -0.15) is 0 Å². The number of fused-ring (bicyclic) bond motifs is 1. The van der Waals surface area contributed by atoms with E-state index in [-0.39, 0.29) is 17.6 Å². The number of aryl methyl sites for hydroxylation is 1. The summed E-state index contributed by atoms with van der Waals surface area (Å²) in [5.41, 5.74) is 5.73. The first-order valence-electron chi connectivity index (χ1n) is 13.2. The summed E-state index contributed by atoms with van der Waals surface area (Å²) < 4.78 is 30.2. The molecule has 1 fully saturated rings. The van der Waals surface area contributed by atoms with E-state index in [1.165, 1.54) is 19.1 Å². The molecular formula is C32H32F2N4O. The minimum absolute atomic E-state index is 0.0420. The predicted octanol–water partition coefficient (Wildman–Crippen LogP) is 7.36. The number of benzene rings is 3. The normalized spacial score (nSPS) is 15.5. The Kier molecular flexibility index (Phi) is 7.42. The number of aromatic nitrogens is 2. The highest BCUT2D eigenvalue weighted by Gasteiger charge is 2.29. The van der Waals surface area contributed by atoms with Crippen molar-refractivity contribution in [1.29, 1.82) is 0 Å². The van der Waals surface area contributed by atoms with Crippen LogP contribution >= 0.6 is 0 Å². The number of alkyl halides is 1. The van der Waals surface area contributed by atoms with E-state index < -0.39 is 6.30 Å². The zero-order valence-corrected chi connectivity index (χ0v) is 22.5. The van der Waals surface area contributed by atoms with Crippen molar-refractivity contribution >= 4 is 22.7 Å². The summed E-state index contributed by atoms with van der Waals surface area (Å²) in [6.45, 7) is 10.3. The van der Waals surface area contributed by atoms with Crippen LogP contribution in [0.1, 0.15) is 71.8 Å². The number of rotatable bonds is 6. The van der Waals surface area contributed by atoms with E-state index >= 15 is 0 Å². The van der Waals surface area contributed by atoms with Gasteiger partial charge in [-0.05, 0) is 75.6 Å². The van der Waals surface area contributed by atoms with Crippen LogP contribution in [0.25, 0.3) is 11.0 Å². The van der Waals surface area contributed by atoms with Gasteiger partial charge >= 0.3 is 0 Å². The average Bonchev–Trinajstić information content (AvgIpc) is 3.31. The number of hydrogen-bond acceptors (Lipinski definition) is 3. The number of piperidine rings is 1. The molecule has 5 rings (SSSR count). The monoisotopic (exact) mass is 526 g/mol. The third kappa shape index (κ3) is 5.39. The van der Waals surface area contributed by atoms with Crippen molar-refractivity contribution < 1.29 is 13.6 Å². The Morgan fingerprint density at radius 3 is 2.46 bits per heavy atom. The number of carbonyl (C=O) groups excluding carboxylic acids is 1. The lowest BCUT2D eigenvalue weighted by Crippen LogP contribution is -2.38. The number of amides is 1. The van der Waals surface area contributed by atoms with Gasteiger partial charge < -0.3 is 4.90 Å². The van der Waals surface area contributed by atoms with Crippen molar-refractivity contribution in [3.05, 3.63) is 113 Å². The lowest BCUT2D eigenvalue weighted by atomic mass is 9.94. The molecular weight excluding hydrogens is 494 g/mol. The fourth-order valence-electron chi connectivity index (χ4n) is 5.42. The molecule has 1 amide bonds. The molecule has 1 aromatic heterocycles. The molecule has 2 heterocycles. The van der Waals surface area contributed by atoms with Crippen molar-refractivity contribution in [2.45, 2.75) is 45.8 Å². The van der Waals surface area contributed by atoms with Gasteiger partial charge in [0.05, 0.1) is 16.7 Å². The lowest BCUT2D eigenvalue weighted by molar-refractivity contribution is 0.0708. The third-order valence-corrected chi connectivity index (χ3v) is 7.26. The molecule has 4 aromatic rings. The number of halogens is 2. The standard InChI is InChI=1S/C32H32F2N4O/c1-20(2)35-30(24-8-7-9-26(34)19-24)27-13-12-25(18-21(27)3)32(39)37-16-14-23(15-17-37)31-36-28-10-5-6-11-29(28)38(31)22(4)33/h5-13,18-19,22-23H,1,14-17H2,2-4H3. The third-order valence-electron chi connectivity index (χ3n) is 7.26. The number of aliphatic imine (C=N–C) groups is 1. The lowest BCUT2D eigenvalue weighted by Gasteiger charge is -2.32. The van der Waals surface area contributed by atoms with E-state index in [0.29, 0.717) is 48.5 Å². The first-order chi connectivity index (χ1) is 18.7. The summed E-state index contributed by atoms with van der Waals surface area (Å²) in [7, 11) is 0. The van der Waals surface area contributed by atoms with Crippen LogP contribution < -0.4 is 0 Å². The molecule has 5 nitrogen and oxygen atoms in total. The van der Waals surface area contributed by atoms with Crippen LogP contribution in [0.5, 0.6) is 0 Å². The van der Waals surface area contributed by atoms with Crippen molar-refractivity contribution in [3.8, 4) is 0 Å². The fourth-order valence-corrected chi connectivity index (χ4v) is 5.42. The summed E-state index contributed by atoms with van der Waals surface area (Å²) in [6.07, 6.45) is 0.251. The molecule has 0 aliphatic carbocycles. The van der Waals surface area contributed by atoms with Crippen LogP contribution in [-0.4, -0.2) is 39.2 Å². The topological polar surface area (TPSA) is 50.5 Å². The molecule has 200 valence electrons. The number of carbonyl (C=O) groups is 1. The number of likely N-dealkylation sites (tertiary alicyclic amines) is 1. The highest BCUT2D eigenvalue weighted by Crippen LogP contribution is 2.33. The Balaban J connectivity index is 1.34. The number of imidazole rings is 1. The van der Waals surface area contributed by atoms with E-state index in [0.717, 1.165) is 28.0 Å². The molecule has 1 unspecified atom stereocenters. The molecule has 0 N–H and O–H groups in total. The van der Waals surface area contributed by atoms with Crippen LogP contribution in [0.2, 0.25) is 0 Å². The summed E-state index contributed by atoms with van der Waals surface area (Å²) in [5.74, 6) is 0.446. The van der Waals surface area contributed by atoms with Gasteiger partial charge in [0, 0.05) is 41.4 Å². The van der Waals surface area contributed by atoms with Crippen molar-refractivity contribution in [2.24, 2.45) is 4.99 Å². The van der Waals surface area contributed by atoms with Crippen molar-refractivity contribution in [2.75, 3.05) is 13.1 Å². The highest BCUT2D eigenvalue weighted by atomic mass is 19.1. The molecule has 39 heavy (non-hydrogen) atoms. The maximum atomic E-state index is 14.6. The average molecular weight is 527 g/mol. The fraction of sp³-hybridized carbons (Fsp3) is 0.281. The highest BCUT2D eigenvalue weighted by molar-refractivity contribution is 6.14. The molecule has 1 aliphatic rings. The predicted molar refractivity (Wildman–Crippen MR) is 151 cm³/mol. The van der Waals surface area contributed by atoms with Crippen molar-refractivity contribution in [1.82, 2.24) is 14.5 Å². The van der Waals surface area contributed by atoms with Gasteiger partial charge in [-0.15, -0.1) is 0 Å². The Hall–Kier alpha value is -4.13. The van der Waals surface area contributed by atoms with E-state index in [1.807, 2.05) is 54.3 Å². The van der Waals surface area contributed by atoms with Crippen LogP contribution in [0, 0.1) is 12.7 Å². The molecule has 7 heteroatoms. The number of hydrogen-bond donors (Lipinski definition) is 0. The van der Waals surface area contributed by atoms with Crippen LogP contribution in [-0.2, 0) is 0 Å². The summed E-state index contributed by atoms with van der Waals surface area (Å²) in [5, 5.41) is 0. The summed E-state index contributed by atoms with van der Waals surface area (Å²) in [4.78, 5) is 24.6. The van der Waals surface area contributed by atoms with E-state index in [4.69, 9.17) is 4.98 Å². The zero-order valence-electron chi connectivity index (χ0n) is 22.5. The van der Waals surface area contributed by atoms with Gasteiger partial charge in [0.1, 0.15) is 11.6 Å². The van der Waals surface area contributed by atoms with Gasteiger partial charge in [0.25, 0.3) is 5.91 Å². The van der Waals surface area contributed by atoms with Crippen LogP contribution in [0.4, 0.5) is 8.78 Å². The quantitative estimate of drug-likeness (QED) is 0.247. The first kappa shape index (κ1) is 26.5. The molecule has 1 atom stereocenters. The first-order valence-corrected chi connectivity index (χ1v) is 13.2. The molecule has 1 saturated heterocycles. The van der Waals surface area contributed by atoms with Gasteiger partial charge in [0.2, 0.25) is 0 Å². The molecule has 3 aromatic carbocycles. The molecule has 0 saturated carbocycles. The van der Waals surface area contributed by atoms with Crippen molar-refractivity contribution in [3.63, 3.8) is 0 Å². The second kappa shape index (κ2) is 10.9. The summed E-state index contributed by atoms with van der Waals surface area (Å²) >= 11 is 0. The number of nitrogens with zero attached hydrogens (tertiary/aromatic N) is 4. The van der Waals surface area contributed by atoms with Gasteiger partial charge in [-0.3, -0.25) is 14.4 Å². The minimum Gasteiger partial charge on any atom is -0.339 e. The van der Waals surface area contributed by atoms with Gasteiger partial charge in [0.15, 0.2) is 6.30 Å². The smallest absolute Gasteiger partial charge is 0.253 e. The molecule has 0 spiro atoms. The Bertz CT molecular complexity index is 1580. The molecule has 0 bridgehead atoms. The number of allylic oxidation sites excluding steroid dienone is 1. The summed E-state index contributed by atoms with van der Waals surface area (Å²) in [6, 6.07) is 19.4. The van der Waals surface area contributed by atoms with Gasteiger partial charge in [-0.1, -0.05) is 36.9 Å². The Labute approximate surface area is 227 Å². The SMILES string of the molecule is C=C(C)N=C(c1cccc(F)c1)c1ccc(C(=O)N2CCC(c3nc4ccccc4n3C(C)F)CC2)cc1C. The largest absolute Gasteiger partial charge is 0.339 e. The second-order valence-electron chi connectivity index (χ2n) is 10.2. The zero-order chi connectivity index (χ0) is 27.7. The Morgan fingerprint density at radius 1 is 1.05 bits per heavy atom. The minimum atomic E-state index is -1.18. The van der Waals surface area contributed by atoms with E-state index in [1.54, 1.807) is 23.6 Å². The molecule has 1 aliphatic heterocycles. The van der Waals surface area contributed by atoms with Crippen LogP contribution in [0.15, 0.2) is 84.0 Å². The number of para-hydroxylation sites is 2. The van der Waals surface area contributed by atoms with E-state index in [2.05, 4.69) is 11.6 Å². The molecule has 0 radical (unpaired) electrons. The second-order valence-corrected chi connectivity index (χ2v) is 10.2. The van der Waals surface area contributed by atoms with Gasteiger partial charge in [-0.25, -0.2) is 13.8 Å². The Morgan fingerprint density at radius 2 is 1.79 bits per heavy atom. The van der Waals surface area contributed by atoms with E-state index in [9.17, 15) is 13.6 Å².